The van der Waals surface area contributed by atoms with Crippen molar-refractivity contribution >= 4 is 66.7 Å². The van der Waals surface area contributed by atoms with Crippen LogP contribution in [0.15, 0.2) is 77.3 Å². The zero-order chi connectivity index (χ0) is 28.7. The number of benzene rings is 3. The standard InChI is InChI=1S/C28H30BrCl2N3O4S/c1-19(2)32-28(36)26(16-20-10-5-4-6-11-20)33(17-21-23(30)13-9-14-24(21)31)27(35)18-34(39(3,37)38)25-15-8-7-12-22(25)29/h4-15,19,26H,16-18H2,1-3H3,(H,32,36)/t26-/m1/s1. The predicted octanol–water partition coefficient (Wildman–Crippen LogP) is 5.69. The lowest BCUT2D eigenvalue weighted by Gasteiger charge is -2.34. The number of halogens is 3. The summed E-state index contributed by atoms with van der Waals surface area (Å²) in [6.45, 7) is 3.01. The van der Waals surface area contributed by atoms with Crippen molar-refractivity contribution in [3.05, 3.63) is 98.4 Å². The van der Waals surface area contributed by atoms with Gasteiger partial charge < -0.3 is 10.2 Å². The third-order valence-electron chi connectivity index (χ3n) is 5.89. The van der Waals surface area contributed by atoms with Crippen LogP contribution >= 0.6 is 39.1 Å². The Kier molecular flexibility index (Phi) is 10.8. The lowest BCUT2D eigenvalue weighted by atomic mass is 10.0. The van der Waals surface area contributed by atoms with E-state index in [1.165, 1.54) is 4.90 Å². The van der Waals surface area contributed by atoms with E-state index in [1.807, 2.05) is 44.2 Å². The summed E-state index contributed by atoms with van der Waals surface area (Å²) in [4.78, 5) is 29.0. The molecule has 0 saturated heterocycles. The minimum Gasteiger partial charge on any atom is -0.352 e. The highest BCUT2D eigenvalue weighted by Gasteiger charge is 2.34. The Bertz CT molecular complexity index is 1400. The van der Waals surface area contributed by atoms with Crippen LogP contribution in [0.5, 0.6) is 0 Å². The second kappa shape index (κ2) is 13.7. The number of hydrogen-bond acceptors (Lipinski definition) is 4. The van der Waals surface area contributed by atoms with Crippen molar-refractivity contribution in [3.8, 4) is 0 Å². The number of nitrogens with zero attached hydrogens (tertiary/aromatic N) is 2. The predicted molar refractivity (Wildman–Crippen MR) is 161 cm³/mol. The van der Waals surface area contributed by atoms with Gasteiger partial charge in [0.2, 0.25) is 21.8 Å². The SMILES string of the molecule is CC(C)NC(=O)[C@@H](Cc1ccccc1)N(Cc1c(Cl)cccc1Cl)C(=O)CN(c1ccccc1Br)S(C)(=O)=O. The van der Waals surface area contributed by atoms with Crippen LogP contribution in [0.1, 0.15) is 25.0 Å². The lowest BCUT2D eigenvalue weighted by Crippen LogP contribution is -2.54. The number of anilines is 1. The third kappa shape index (κ3) is 8.45. The van der Waals surface area contributed by atoms with Gasteiger partial charge >= 0.3 is 0 Å². The quantitative estimate of drug-likeness (QED) is 0.288. The van der Waals surface area contributed by atoms with Crippen molar-refractivity contribution in [2.45, 2.75) is 38.9 Å². The molecule has 7 nitrogen and oxygen atoms in total. The van der Waals surface area contributed by atoms with Crippen LogP contribution in [0.3, 0.4) is 0 Å². The van der Waals surface area contributed by atoms with Gasteiger partial charge in [-0.25, -0.2) is 8.42 Å². The Balaban J connectivity index is 2.11. The van der Waals surface area contributed by atoms with Crippen LogP contribution in [-0.2, 0) is 32.6 Å². The first-order chi connectivity index (χ1) is 18.4. The van der Waals surface area contributed by atoms with Crippen LogP contribution in [0.2, 0.25) is 10.0 Å². The molecule has 0 aliphatic carbocycles. The van der Waals surface area contributed by atoms with E-state index in [0.29, 0.717) is 25.8 Å². The Labute approximate surface area is 248 Å². The fraction of sp³-hybridized carbons (Fsp3) is 0.286. The maximum Gasteiger partial charge on any atom is 0.244 e. The molecule has 3 aromatic rings. The molecule has 1 atom stereocenters. The molecule has 208 valence electrons. The third-order valence-corrected chi connectivity index (χ3v) is 8.40. The van der Waals surface area contributed by atoms with E-state index < -0.39 is 28.5 Å². The summed E-state index contributed by atoms with van der Waals surface area (Å²) < 4.78 is 27.2. The molecule has 0 bridgehead atoms. The molecule has 0 radical (unpaired) electrons. The molecule has 3 aromatic carbocycles. The molecule has 0 aliphatic rings. The van der Waals surface area contributed by atoms with Crippen molar-refractivity contribution in [2.75, 3.05) is 17.1 Å². The molecular formula is C28H30BrCl2N3O4S. The van der Waals surface area contributed by atoms with E-state index >= 15 is 0 Å². The van der Waals surface area contributed by atoms with Gasteiger partial charge in [-0.15, -0.1) is 0 Å². The number of nitrogens with one attached hydrogen (secondary N) is 1. The second-order valence-corrected chi connectivity index (χ2v) is 12.9. The molecular weight excluding hydrogens is 625 g/mol. The van der Waals surface area contributed by atoms with Crippen molar-refractivity contribution in [2.24, 2.45) is 0 Å². The van der Waals surface area contributed by atoms with Gasteiger partial charge in [0.25, 0.3) is 0 Å². The first kappa shape index (κ1) is 30.9. The van der Waals surface area contributed by atoms with Gasteiger partial charge in [0.15, 0.2) is 0 Å². The van der Waals surface area contributed by atoms with Gasteiger partial charge in [-0.3, -0.25) is 13.9 Å². The fourth-order valence-electron chi connectivity index (χ4n) is 4.04. The number of amides is 2. The molecule has 1 N–H and O–H groups in total. The minimum absolute atomic E-state index is 0.103. The van der Waals surface area contributed by atoms with Crippen molar-refractivity contribution < 1.29 is 18.0 Å². The number of sulfonamides is 1. The molecule has 0 fully saturated rings. The first-order valence-electron chi connectivity index (χ1n) is 12.2. The number of carbonyl (C=O) groups excluding carboxylic acids is 2. The topological polar surface area (TPSA) is 86.8 Å². The van der Waals surface area contributed by atoms with Crippen molar-refractivity contribution in [1.82, 2.24) is 10.2 Å². The Morgan fingerprint density at radius 2 is 1.51 bits per heavy atom. The number of para-hydroxylation sites is 1. The molecule has 2 amide bonds. The van der Waals surface area contributed by atoms with Crippen molar-refractivity contribution in [3.63, 3.8) is 0 Å². The molecule has 0 aromatic heterocycles. The van der Waals surface area contributed by atoms with Gasteiger partial charge in [-0.05, 0) is 59.6 Å². The van der Waals surface area contributed by atoms with E-state index in [1.54, 1.807) is 42.5 Å². The molecule has 3 rings (SSSR count). The monoisotopic (exact) mass is 653 g/mol. The van der Waals surface area contributed by atoms with Gasteiger partial charge in [0.05, 0.1) is 11.9 Å². The van der Waals surface area contributed by atoms with Crippen LogP contribution in [0.25, 0.3) is 0 Å². The second-order valence-electron chi connectivity index (χ2n) is 9.31. The highest BCUT2D eigenvalue weighted by atomic mass is 79.9. The van der Waals surface area contributed by atoms with E-state index in [2.05, 4.69) is 21.2 Å². The summed E-state index contributed by atoms with van der Waals surface area (Å²) in [5.41, 5.74) is 1.59. The van der Waals surface area contributed by atoms with E-state index in [-0.39, 0.29) is 24.9 Å². The molecule has 11 heteroatoms. The molecule has 39 heavy (non-hydrogen) atoms. The molecule has 0 aliphatic heterocycles. The number of carbonyl (C=O) groups is 2. The Morgan fingerprint density at radius 1 is 0.923 bits per heavy atom. The minimum atomic E-state index is -3.88. The van der Waals surface area contributed by atoms with Gasteiger partial charge in [-0.1, -0.05) is 71.7 Å². The first-order valence-corrected chi connectivity index (χ1v) is 15.6. The Hall–Kier alpha value is -2.59. The highest BCUT2D eigenvalue weighted by Crippen LogP contribution is 2.30. The summed E-state index contributed by atoms with van der Waals surface area (Å²) in [5.74, 6) is -0.968. The van der Waals surface area contributed by atoms with E-state index in [9.17, 15) is 18.0 Å². The summed E-state index contributed by atoms with van der Waals surface area (Å²) in [7, 11) is -3.88. The smallest absolute Gasteiger partial charge is 0.244 e. The van der Waals surface area contributed by atoms with Crippen LogP contribution in [0.4, 0.5) is 5.69 Å². The van der Waals surface area contributed by atoms with E-state index in [0.717, 1.165) is 16.1 Å². The molecule has 0 spiro atoms. The van der Waals surface area contributed by atoms with Crippen molar-refractivity contribution in [1.29, 1.82) is 0 Å². The van der Waals surface area contributed by atoms with Gasteiger partial charge in [0.1, 0.15) is 12.6 Å². The molecule has 0 heterocycles. The Morgan fingerprint density at radius 3 is 2.08 bits per heavy atom. The zero-order valence-electron chi connectivity index (χ0n) is 21.8. The van der Waals surface area contributed by atoms with Crippen LogP contribution in [-0.4, -0.2) is 50.0 Å². The van der Waals surface area contributed by atoms with E-state index in [4.69, 9.17) is 23.2 Å². The number of hydrogen-bond donors (Lipinski definition) is 1. The fourth-order valence-corrected chi connectivity index (χ4v) is 6.03. The van der Waals surface area contributed by atoms with Gasteiger partial charge in [-0.2, -0.15) is 0 Å². The van der Waals surface area contributed by atoms with Crippen LogP contribution in [0, 0.1) is 0 Å². The zero-order valence-corrected chi connectivity index (χ0v) is 25.7. The summed E-state index contributed by atoms with van der Waals surface area (Å²) in [6, 6.07) is 19.8. The maximum atomic E-state index is 14.1. The molecule has 0 unspecified atom stereocenters. The number of rotatable bonds is 11. The normalized spacial score (nSPS) is 12.2. The summed E-state index contributed by atoms with van der Waals surface area (Å²) in [6.07, 6.45) is 1.23. The van der Waals surface area contributed by atoms with Gasteiger partial charge in [0, 0.05) is 39.1 Å². The summed E-state index contributed by atoms with van der Waals surface area (Å²) >= 11 is 16.3. The highest BCUT2D eigenvalue weighted by molar-refractivity contribution is 9.10. The van der Waals surface area contributed by atoms with Crippen LogP contribution < -0.4 is 9.62 Å². The molecule has 0 saturated carbocycles. The largest absolute Gasteiger partial charge is 0.352 e. The summed E-state index contributed by atoms with van der Waals surface area (Å²) in [5, 5.41) is 3.55. The lowest BCUT2D eigenvalue weighted by molar-refractivity contribution is -0.140. The average Bonchev–Trinajstić information content (AvgIpc) is 2.86. The average molecular weight is 655 g/mol. The maximum absolute atomic E-state index is 14.1.